The molecule has 0 radical (unpaired) electrons. The summed E-state index contributed by atoms with van der Waals surface area (Å²) in [6.45, 7) is 2.72. The molecule has 1 fully saturated rings. The van der Waals surface area contributed by atoms with Gasteiger partial charge in [0.2, 0.25) is 5.91 Å². The van der Waals surface area contributed by atoms with Gasteiger partial charge in [0.15, 0.2) is 0 Å². The number of anilines is 1. The summed E-state index contributed by atoms with van der Waals surface area (Å²) in [5.41, 5.74) is 1.77. The van der Waals surface area contributed by atoms with Crippen LogP contribution >= 0.6 is 0 Å². The van der Waals surface area contributed by atoms with Crippen molar-refractivity contribution in [1.29, 1.82) is 0 Å². The average molecular weight is 376 g/mol. The Morgan fingerprint density at radius 1 is 1.07 bits per heavy atom. The van der Waals surface area contributed by atoms with Crippen molar-refractivity contribution in [2.45, 2.75) is 12.8 Å². The summed E-state index contributed by atoms with van der Waals surface area (Å²) in [6.07, 6.45) is 9.17. The van der Waals surface area contributed by atoms with Crippen molar-refractivity contribution < 1.29 is 13.6 Å². The molecule has 4 rings (SSSR count). The average Bonchev–Trinajstić information content (AvgIpc) is 3.43. The van der Waals surface area contributed by atoms with E-state index in [2.05, 4.69) is 16.3 Å². The number of likely N-dealkylation sites (tertiary alicyclic amines) is 1. The number of hydrogen-bond donors (Lipinski definition) is 1. The summed E-state index contributed by atoms with van der Waals surface area (Å²) in [4.78, 5) is 15.0. The van der Waals surface area contributed by atoms with E-state index in [9.17, 15) is 4.79 Å². The number of nitrogens with zero attached hydrogens (tertiary/aromatic N) is 1. The SMILES string of the molecule is O=C(Nc1cccc(-c2ccco2)c1)C1CCN(CC=Cc2ccco2)CC1. The Hall–Kier alpha value is -3.05. The first-order chi connectivity index (χ1) is 13.8. The molecule has 1 aromatic carbocycles. The first-order valence-corrected chi connectivity index (χ1v) is 9.65. The maximum Gasteiger partial charge on any atom is 0.227 e. The van der Waals surface area contributed by atoms with Crippen molar-refractivity contribution >= 4 is 17.7 Å². The highest BCUT2D eigenvalue weighted by Gasteiger charge is 2.24. The standard InChI is InChI=1S/C23H24N2O3/c26-23(24-20-6-1-5-19(17-20)22-9-4-16-28-22)18-10-13-25(14-11-18)12-2-7-21-8-3-15-27-21/h1-9,15-18H,10-14H2,(H,24,26). The Balaban J connectivity index is 1.27. The maximum absolute atomic E-state index is 12.7. The van der Waals surface area contributed by atoms with Crippen LogP contribution < -0.4 is 5.32 Å². The number of rotatable bonds is 6. The highest BCUT2D eigenvalue weighted by molar-refractivity contribution is 5.93. The van der Waals surface area contributed by atoms with Crippen LogP contribution in [0, 0.1) is 5.92 Å². The number of carbonyl (C=O) groups excluding carboxylic acids is 1. The molecule has 1 amide bonds. The third kappa shape index (κ3) is 4.61. The fourth-order valence-electron chi connectivity index (χ4n) is 3.52. The number of benzene rings is 1. The van der Waals surface area contributed by atoms with E-state index in [4.69, 9.17) is 8.83 Å². The molecule has 0 unspecified atom stereocenters. The molecule has 0 atom stereocenters. The molecular formula is C23H24N2O3. The molecule has 1 saturated heterocycles. The van der Waals surface area contributed by atoms with Crippen LogP contribution in [0.3, 0.4) is 0 Å². The zero-order valence-electron chi connectivity index (χ0n) is 15.7. The van der Waals surface area contributed by atoms with Crippen molar-refractivity contribution in [1.82, 2.24) is 4.90 Å². The van der Waals surface area contributed by atoms with Crippen LogP contribution in [0.4, 0.5) is 5.69 Å². The van der Waals surface area contributed by atoms with Crippen LogP contribution in [-0.2, 0) is 4.79 Å². The van der Waals surface area contributed by atoms with Gasteiger partial charge in [-0.3, -0.25) is 9.69 Å². The molecule has 5 nitrogen and oxygen atoms in total. The van der Waals surface area contributed by atoms with Gasteiger partial charge < -0.3 is 14.2 Å². The molecule has 5 heteroatoms. The lowest BCUT2D eigenvalue weighted by Gasteiger charge is -2.30. The van der Waals surface area contributed by atoms with E-state index in [1.807, 2.05) is 54.6 Å². The van der Waals surface area contributed by atoms with Gasteiger partial charge in [0, 0.05) is 23.7 Å². The van der Waals surface area contributed by atoms with Crippen LogP contribution in [0.2, 0.25) is 0 Å². The van der Waals surface area contributed by atoms with Gasteiger partial charge in [0.1, 0.15) is 11.5 Å². The monoisotopic (exact) mass is 376 g/mol. The minimum Gasteiger partial charge on any atom is -0.465 e. The van der Waals surface area contributed by atoms with E-state index >= 15 is 0 Å². The maximum atomic E-state index is 12.7. The van der Waals surface area contributed by atoms with Crippen LogP contribution in [0.1, 0.15) is 18.6 Å². The Labute approximate surface area is 164 Å². The van der Waals surface area contributed by atoms with Gasteiger partial charge in [-0.1, -0.05) is 18.2 Å². The molecule has 1 aliphatic heterocycles. The Morgan fingerprint density at radius 2 is 1.89 bits per heavy atom. The van der Waals surface area contributed by atoms with Gasteiger partial charge in [-0.25, -0.2) is 0 Å². The highest BCUT2D eigenvalue weighted by Crippen LogP contribution is 2.24. The van der Waals surface area contributed by atoms with E-state index in [-0.39, 0.29) is 11.8 Å². The zero-order valence-corrected chi connectivity index (χ0v) is 15.7. The van der Waals surface area contributed by atoms with Crippen LogP contribution in [0.25, 0.3) is 17.4 Å². The lowest BCUT2D eigenvalue weighted by molar-refractivity contribution is -0.121. The number of nitrogens with one attached hydrogen (secondary N) is 1. The molecule has 144 valence electrons. The summed E-state index contributed by atoms with van der Waals surface area (Å²) >= 11 is 0. The molecule has 1 aliphatic rings. The lowest BCUT2D eigenvalue weighted by atomic mass is 9.95. The summed E-state index contributed by atoms with van der Waals surface area (Å²) in [7, 11) is 0. The number of furan rings is 2. The van der Waals surface area contributed by atoms with Gasteiger partial charge >= 0.3 is 0 Å². The zero-order chi connectivity index (χ0) is 19.2. The molecule has 0 spiro atoms. The van der Waals surface area contributed by atoms with Gasteiger partial charge in [-0.05, 0) is 68.4 Å². The molecular weight excluding hydrogens is 352 g/mol. The number of piperidine rings is 1. The molecule has 0 saturated carbocycles. The van der Waals surface area contributed by atoms with Crippen molar-refractivity contribution in [3.05, 3.63) is 72.9 Å². The predicted molar refractivity (Wildman–Crippen MR) is 110 cm³/mol. The minimum absolute atomic E-state index is 0.0533. The fourth-order valence-corrected chi connectivity index (χ4v) is 3.52. The summed E-state index contributed by atoms with van der Waals surface area (Å²) < 4.78 is 10.7. The van der Waals surface area contributed by atoms with Crippen LogP contribution in [-0.4, -0.2) is 30.4 Å². The third-order valence-electron chi connectivity index (χ3n) is 5.08. The van der Waals surface area contributed by atoms with Gasteiger partial charge in [0.05, 0.1) is 12.5 Å². The second-order valence-electron chi connectivity index (χ2n) is 7.04. The first kappa shape index (κ1) is 18.3. The Morgan fingerprint density at radius 3 is 2.64 bits per heavy atom. The second kappa shape index (κ2) is 8.76. The smallest absolute Gasteiger partial charge is 0.227 e. The summed E-state index contributed by atoms with van der Waals surface area (Å²) in [6, 6.07) is 15.4. The first-order valence-electron chi connectivity index (χ1n) is 9.65. The third-order valence-corrected chi connectivity index (χ3v) is 5.08. The van der Waals surface area contributed by atoms with Crippen molar-refractivity contribution in [3.63, 3.8) is 0 Å². The fraction of sp³-hybridized carbons (Fsp3) is 0.261. The topological polar surface area (TPSA) is 58.6 Å². The lowest BCUT2D eigenvalue weighted by Crippen LogP contribution is -2.38. The predicted octanol–water partition coefficient (Wildman–Crippen LogP) is 4.90. The molecule has 3 aromatic rings. The van der Waals surface area contributed by atoms with Crippen LogP contribution in [0.5, 0.6) is 0 Å². The quantitative estimate of drug-likeness (QED) is 0.664. The number of carbonyl (C=O) groups is 1. The van der Waals surface area contributed by atoms with Gasteiger partial charge in [0.25, 0.3) is 0 Å². The second-order valence-corrected chi connectivity index (χ2v) is 7.04. The normalized spacial score (nSPS) is 15.9. The molecule has 2 aromatic heterocycles. The molecule has 0 aliphatic carbocycles. The largest absolute Gasteiger partial charge is 0.465 e. The summed E-state index contributed by atoms with van der Waals surface area (Å²) in [5, 5.41) is 3.07. The highest BCUT2D eigenvalue weighted by atomic mass is 16.3. The minimum atomic E-state index is 0.0533. The molecule has 28 heavy (non-hydrogen) atoms. The van der Waals surface area contributed by atoms with Crippen molar-refractivity contribution in [2.24, 2.45) is 5.92 Å². The van der Waals surface area contributed by atoms with Gasteiger partial charge in [-0.15, -0.1) is 0 Å². The molecule has 1 N–H and O–H groups in total. The Kier molecular flexibility index (Phi) is 5.73. The van der Waals surface area contributed by atoms with Gasteiger partial charge in [-0.2, -0.15) is 0 Å². The molecule has 0 bridgehead atoms. The number of amides is 1. The summed E-state index contributed by atoms with van der Waals surface area (Å²) in [5.74, 6) is 1.82. The molecule has 3 heterocycles. The number of hydrogen-bond acceptors (Lipinski definition) is 4. The van der Waals surface area contributed by atoms with Crippen molar-refractivity contribution in [2.75, 3.05) is 25.0 Å². The van der Waals surface area contributed by atoms with E-state index in [1.165, 1.54) is 0 Å². The van der Waals surface area contributed by atoms with Crippen molar-refractivity contribution in [3.8, 4) is 11.3 Å². The Bertz CT molecular complexity index is 905. The van der Waals surface area contributed by atoms with E-state index < -0.39 is 0 Å². The van der Waals surface area contributed by atoms with E-state index in [0.717, 1.165) is 55.2 Å². The van der Waals surface area contributed by atoms with E-state index in [0.29, 0.717) is 0 Å². The van der Waals surface area contributed by atoms with E-state index in [1.54, 1.807) is 12.5 Å². The van der Waals surface area contributed by atoms with Crippen LogP contribution in [0.15, 0.2) is 76.0 Å².